The van der Waals surface area contributed by atoms with E-state index in [1.807, 2.05) is 0 Å². The average Bonchev–Trinajstić information content (AvgIpc) is 3.49. The van der Waals surface area contributed by atoms with Gasteiger partial charge in [0, 0.05) is 26.1 Å². The summed E-state index contributed by atoms with van der Waals surface area (Å²) in [5, 5.41) is 17.7. The molecule has 1 fully saturated rings. The molecule has 5 atom stereocenters. The van der Waals surface area contributed by atoms with E-state index in [9.17, 15) is 29.1 Å². The Morgan fingerprint density at radius 2 is 1.43 bits per heavy atom. The number of nitrogens with two attached hydrogens (primary N) is 5. The van der Waals surface area contributed by atoms with Gasteiger partial charge in [0.15, 0.2) is 11.9 Å². The Hall–Kier alpha value is -4.93. The molecule has 1 aliphatic heterocycles. The maximum absolute atomic E-state index is 13.7. The van der Waals surface area contributed by atoms with Gasteiger partial charge in [0.2, 0.25) is 23.6 Å². The number of carboxylic acid groups (broad SMARTS) is 1. The lowest BCUT2D eigenvalue weighted by molar-refractivity contribution is -0.143. The van der Waals surface area contributed by atoms with E-state index in [2.05, 4.69) is 25.9 Å². The van der Waals surface area contributed by atoms with Crippen LogP contribution in [0.4, 0.5) is 0 Å². The van der Waals surface area contributed by atoms with Crippen molar-refractivity contribution in [3.05, 3.63) is 35.9 Å². The molecule has 1 aliphatic rings. The van der Waals surface area contributed by atoms with Crippen LogP contribution >= 0.6 is 0 Å². The van der Waals surface area contributed by atoms with Gasteiger partial charge in [0.05, 0.1) is 6.04 Å². The SMILES string of the molecule is C[C@H](N)C(=O)N[C@@H](CCCN=C(N)N)C(=O)N1CCC[C@H]1C(=O)N[C@@H](CCCN=C(N)N)C(=O)N[C@@H](Cc1ccccc1)C(=O)O. The third-order valence-electron chi connectivity index (χ3n) is 7.29. The minimum Gasteiger partial charge on any atom is -0.480 e. The van der Waals surface area contributed by atoms with Gasteiger partial charge >= 0.3 is 5.97 Å². The molecule has 14 N–H and O–H groups in total. The number of likely N-dealkylation sites (tertiary alicyclic amines) is 1. The fourth-order valence-corrected chi connectivity index (χ4v) is 4.93. The van der Waals surface area contributed by atoms with Crippen molar-refractivity contribution in [2.75, 3.05) is 19.6 Å². The number of guanidine groups is 2. The highest BCUT2D eigenvalue weighted by molar-refractivity contribution is 5.95. The highest BCUT2D eigenvalue weighted by atomic mass is 16.4. The highest BCUT2D eigenvalue weighted by Crippen LogP contribution is 2.20. The van der Waals surface area contributed by atoms with E-state index in [4.69, 9.17) is 28.7 Å². The summed E-state index contributed by atoms with van der Waals surface area (Å²) in [4.78, 5) is 74.2. The van der Waals surface area contributed by atoms with Crippen LogP contribution in [0.1, 0.15) is 51.0 Å². The summed E-state index contributed by atoms with van der Waals surface area (Å²) in [7, 11) is 0. The molecule has 0 unspecified atom stereocenters. The van der Waals surface area contributed by atoms with Crippen molar-refractivity contribution in [2.24, 2.45) is 38.7 Å². The fourth-order valence-electron chi connectivity index (χ4n) is 4.93. The van der Waals surface area contributed by atoms with Crippen molar-refractivity contribution in [1.29, 1.82) is 0 Å². The van der Waals surface area contributed by atoms with Crippen molar-refractivity contribution in [1.82, 2.24) is 20.9 Å². The van der Waals surface area contributed by atoms with Gasteiger partial charge in [-0.3, -0.25) is 29.2 Å². The number of nitrogens with zero attached hydrogens (tertiary/aromatic N) is 3. The van der Waals surface area contributed by atoms with Gasteiger partial charge in [-0.25, -0.2) is 4.79 Å². The van der Waals surface area contributed by atoms with E-state index in [0.717, 1.165) is 0 Å². The van der Waals surface area contributed by atoms with Crippen LogP contribution in [0.2, 0.25) is 0 Å². The van der Waals surface area contributed by atoms with Gasteiger partial charge in [0.1, 0.15) is 24.2 Å². The largest absolute Gasteiger partial charge is 0.480 e. The number of aliphatic carboxylic acids is 1. The summed E-state index contributed by atoms with van der Waals surface area (Å²) in [6, 6.07) is 3.58. The molecule has 0 aromatic heterocycles. The first-order valence-corrected chi connectivity index (χ1v) is 15.1. The van der Waals surface area contributed by atoms with Gasteiger partial charge in [-0.05, 0) is 51.0 Å². The average molecular weight is 646 g/mol. The van der Waals surface area contributed by atoms with Gasteiger partial charge in [0.25, 0.3) is 0 Å². The lowest BCUT2D eigenvalue weighted by atomic mass is 10.0. The van der Waals surface area contributed by atoms with E-state index in [1.54, 1.807) is 30.3 Å². The van der Waals surface area contributed by atoms with Crippen LogP contribution < -0.4 is 44.6 Å². The number of carbonyl (C=O) groups is 5. The van der Waals surface area contributed by atoms with Crippen LogP contribution in [-0.2, 0) is 30.4 Å². The Bertz CT molecular complexity index is 1250. The third-order valence-corrected chi connectivity index (χ3v) is 7.29. The number of benzene rings is 1. The molecule has 1 aromatic rings. The molecule has 0 aliphatic carbocycles. The normalized spacial score (nSPS) is 16.7. The van der Waals surface area contributed by atoms with Crippen molar-refractivity contribution >= 4 is 41.5 Å². The lowest BCUT2D eigenvalue weighted by Crippen LogP contribution is -2.58. The van der Waals surface area contributed by atoms with Gasteiger partial charge < -0.3 is 54.6 Å². The van der Waals surface area contributed by atoms with E-state index in [1.165, 1.54) is 11.8 Å². The predicted octanol–water partition coefficient (Wildman–Crippen LogP) is -2.79. The summed E-state index contributed by atoms with van der Waals surface area (Å²) in [6.07, 6.45) is 1.78. The molecular weight excluding hydrogens is 598 g/mol. The van der Waals surface area contributed by atoms with E-state index in [-0.39, 0.29) is 50.8 Å². The van der Waals surface area contributed by atoms with Gasteiger partial charge in [-0.15, -0.1) is 0 Å². The number of carbonyl (C=O) groups excluding carboxylic acids is 4. The van der Waals surface area contributed by atoms with Crippen molar-refractivity contribution in [3.8, 4) is 0 Å². The maximum atomic E-state index is 13.7. The van der Waals surface area contributed by atoms with Crippen LogP contribution in [-0.4, -0.2) is 101 Å². The molecular formula is C29H47N11O6. The maximum Gasteiger partial charge on any atom is 0.326 e. The van der Waals surface area contributed by atoms with Crippen molar-refractivity contribution in [3.63, 3.8) is 0 Å². The first kappa shape index (κ1) is 37.3. The third kappa shape index (κ3) is 12.6. The minimum absolute atomic E-state index is 0.0270. The quantitative estimate of drug-likeness (QED) is 0.0446. The number of nitrogens with one attached hydrogen (secondary N) is 3. The second-order valence-corrected chi connectivity index (χ2v) is 11.1. The van der Waals surface area contributed by atoms with E-state index < -0.39 is 59.8 Å². The molecule has 4 amide bonds. The monoisotopic (exact) mass is 645 g/mol. The van der Waals surface area contributed by atoms with Crippen molar-refractivity contribution < 1.29 is 29.1 Å². The molecule has 1 saturated heterocycles. The van der Waals surface area contributed by atoms with Crippen LogP contribution in [0, 0.1) is 0 Å². The molecule has 17 heteroatoms. The highest BCUT2D eigenvalue weighted by Gasteiger charge is 2.39. The Balaban J connectivity index is 2.21. The molecule has 1 heterocycles. The molecule has 1 aromatic carbocycles. The predicted molar refractivity (Wildman–Crippen MR) is 172 cm³/mol. The second-order valence-electron chi connectivity index (χ2n) is 11.1. The second kappa shape index (κ2) is 18.8. The van der Waals surface area contributed by atoms with Crippen molar-refractivity contribution in [2.45, 2.75) is 82.1 Å². The van der Waals surface area contributed by atoms with Gasteiger partial charge in [-0.2, -0.15) is 0 Å². The van der Waals surface area contributed by atoms with Crippen LogP contribution in [0.25, 0.3) is 0 Å². The summed E-state index contributed by atoms with van der Waals surface area (Å²) in [6.45, 7) is 2.12. The minimum atomic E-state index is -1.26. The molecule has 0 bridgehead atoms. The summed E-state index contributed by atoms with van der Waals surface area (Å²) >= 11 is 0. The number of amides is 4. The first-order valence-electron chi connectivity index (χ1n) is 15.1. The number of hydrogen-bond donors (Lipinski definition) is 9. The zero-order valence-corrected chi connectivity index (χ0v) is 26.1. The topological polar surface area (TPSA) is 300 Å². The molecule has 2 rings (SSSR count). The molecule has 0 spiro atoms. The Morgan fingerprint density at radius 1 is 0.870 bits per heavy atom. The smallest absolute Gasteiger partial charge is 0.326 e. The summed E-state index contributed by atoms with van der Waals surface area (Å²) in [5.74, 6) is -3.82. The van der Waals surface area contributed by atoms with Gasteiger partial charge in [-0.1, -0.05) is 30.3 Å². The summed E-state index contributed by atoms with van der Waals surface area (Å²) < 4.78 is 0. The summed E-state index contributed by atoms with van der Waals surface area (Å²) in [5.41, 5.74) is 27.9. The number of rotatable bonds is 18. The Labute approximate surface area is 267 Å². The standard InChI is InChI=1S/C29H47N11O6/c1-17(30)23(41)38-20(11-6-14-36-29(33)34)26(44)40-15-7-12-22(40)25(43)37-19(10-5-13-35-28(31)32)24(42)39-21(27(45)46)16-18-8-3-2-4-9-18/h2-4,8-9,17,19-22H,5-7,10-16,30H2,1H3,(H,37,43)(H,38,41)(H,39,42)(H,45,46)(H4,31,32,35)(H4,33,34,36)/t17-,19-,20-,21-,22-/m0/s1. The first-order chi connectivity index (χ1) is 21.8. The lowest BCUT2D eigenvalue weighted by Gasteiger charge is -2.30. The number of aliphatic imine (C=N–C) groups is 2. The number of hydrogen-bond acceptors (Lipinski definition) is 8. The molecule has 46 heavy (non-hydrogen) atoms. The molecule has 0 saturated carbocycles. The van der Waals surface area contributed by atoms with E-state index >= 15 is 0 Å². The van der Waals surface area contributed by atoms with E-state index in [0.29, 0.717) is 31.2 Å². The van der Waals surface area contributed by atoms with Crippen LogP contribution in [0.5, 0.6) is 0 Å². The Kier molecular flexibility index (Phi) is 15.2. The zero-order chi connectivity index (χ0) is 34.2. The molecule has 17 nitrogen and oxygen atoms in total. The zero-order valence-electron chi connectivity index (χ0n) is 26.1. The fraction of sp³-hybridized carbons (Fsp3) is 0.552. The van der Waals surface area contributed by atoms with Crippen LogP contribution in [0.3, 0.4) is 0 Å². The number of carboxylic acids is 1. The molecule has 254 valence electrons. The Morgan fingerprint density at radius 3 is 1.98 bits per heavy atom. The molecule has 0 radical (unpaired) electrons. The van der Waals surface area contributed by atoms with Crippen LogP contribution in [0.15, 0.2) is 40.3 Å².